The van der Waals surface area contributed by atoms with Crippen LogP contribution in [0, 0.1) is 0 Å². The fraction of sp³-hybridized carbons (Fsp3) is 0.154. The number of aliphatic hydroxyl groups is 1. The third-order valence-corrected chi connectivity index (χ3v) is 3.17. The van der Waals surface area contributed by atoms with Gasteiger partial charge in [0.2, 0.25) is 0 Å². The van der Waals surface area contributed by atoms with Gasteiger partial charge in [-0.25, -0.2) is 0 Å². The molecule has 1 amide bonds. The molecule has 0 unspecified atom stereocenters. The lowest BCUT2D eigenvalue weighted by molar-refractivity contribution is 0.0914. The maximum absolute atomic E-state index is 12.0. The summed E-state index contributed by atoms with van der Waals surface area (Å²) in [5.74, 6) is -0.293. The Hall–Kier alpha value is -1.59. The number of benzene rings is 1. The first kappa shape index (κ1) is 12.9. The van der Waals surface area contributed by atoms with E-state index in [1.807, 2.05) is 30.3 Å². The highest BCUT2D eigenvalue weighted by Gasteiger charge is 2.17. The van der Waals surface area contributed by atoms with Crippen molar-refractivity contribution in [3.05, 3.63) is 58.5 Å². The molecule has 0 aliphatic carbocycles. The van der Waals surface area contributed by atoms with Gasteiger partial charge in [0.1, 0.15) is 0 Å². The zero-order valence-corrected chi connectivity index (χ0v) is 11.1. The molecule has 0 spiro atoms. The van der Waals surface area contributed by atoms with Crippen molar-refractivity contribution in [1.29, 1.82) is 0 Å². The number of aliphatic hydroxyl groups excluding tert-OH is 1. The predicted octanol–water partition coefficient (Wildman–Crippen LogP) is 2.51. The number of hydrogen-bond acceptors (Lipinski definition) is 3. The number of carbonyl (C=O) groups is 1. The average molecular weight is 310 g/mol. The number of carbonyl (C=O) groups excluding carboxylic acids is 1. The minimum Gasteiger partial charge on any atom is -0.457 e. The topological polar surface area (TPSA) is 62.5 Å². The number of amides is 1. The van der Waals surface area contributed by atoms with E-state index in [0.29, 0.717) is 10.2 Å². The number of nitrogens with one attached hydrogen (secondary N) is 1. The van der Waals surface area contributed by atoms with Gasteiger partial charge in [0.25, 0.3) is 5.91 Å². The second-order valence-electron chi connectivity index (χ2n) is 3.73. The van der Waals surface area contributed by atoms with E-state index in [2.05, 4.69) is 21.2 Å². The molecule has 2 N–H and O–H groups in total. The van der Waals surface area contributed by atoms with E-state index in [0.717, 1.165) is 5.56 Å². The van der Waals surface area contributed by atoms with Crippen molar-refractivity contribution in [2.75, 3.05) is 6.61 Å². The molecule has 0 aliphatic rings. The first-order valence-electron chi connectivity index (χ1n) is 5.42. The van der Waals surface area contributed by atoms with Crippen LogP contribution in [-0.2, 0) is 0 Å². The van der Waals surface area contributed by atoms with Crippen molar-refractivity contribution >= 4 is 21.8 Å². The van der Waals surface area contributed by atoms with E-state index in [1.165, 1.54) is 6.26 Å². The fourth-order valence-corrected chi connectivity index (χ4v) is 2.03. The summed E-state index contributed by atoms with van der Waals surface area (Å²) < 4.78 is 5.38. The molecular formula is C13H12BrNO3. The average Bonchev–Trinajstić information content (AvgIpc) is 2.83. The molecule has 0 saturated heterocycles. The molecule has 2 rings (SSSR count). The highest BCUT2D eigenvalue weighted by Crippen LogP contribution is 2.19. The van der Waals surface area contributed by atoms with Crippen LogP contribution in [0.3, 0.4) is 0 Å². The highest BCUT2D eigenvalue weighted by atomic mass is 79.9. The van der Waals surface area contributed by atoms with Gasteiger partial charge >= 0.3 is 0 Å². The van der Waals surface area contributed by atoms with Gasteiger partial charge in [0.15, 0.2) is 4.67 Å². The molecule has 1 aromatic carbocycles. The monoisotopic (exact) mass is 309 g/mol. The van der Waals surface area contributed by atoms with Crippen LogP contribution in [0.15, 0.2) is 51.7 Å². The van der Waals surface area contributed by atoms with Gasteiger partial charge in [-0.15, -0.1) is 0 Å². The summed E-state index contributed by atoms with van der Waals surface area (Å²) >= 11 is 3.14. The smallest absolute Gasteiger partial charge is 0.256 e. The van der Waals surface area contributed by atoms with Gasteiger partial charge in [-0.05, 0) is 27.6 Å². The maximum Gasteiger partial charge on any atom is 0.256 e. The van der Waals surface area contributed by atoms with Gasteiger partial charge in [-0.2, -0.15) is 0 Å². The zero-order valence-electron chi connectivity index (χ0n) is 9.47. The fourth-order valence-electron chi connectivity index (χ4n) is 1.61. The van der Waals surface area contributed by atoms with Gasteiger partial charge in [0, 0.05) is 0 Å². The first-order chi connectivity index (χ1) is 8.72. The molecule has 4 nitrogen and oxygen atoms in total. The second-order valence-corrected chi connectivity index (χ2v) is 4.45. The van der Waals surface area contributed by atoms with Crippen molar-refractivity contribution < 1.29 is 14.3 Å². The van der Waals surface area contributed by atoms with E-state index in [4.69, 9.17) is 4.42 Å². The van der Waals surface area contributed by atoms with Gasteiger partial charge in [-0.3, -0.25) is 4.79 Å². The SMILES string of the molecule is O=C(N[C@@H](CO)c1ccccc1)c1ccoc1Br. The maximum atomic E-state index is 12.0. The Labute approximate surface area is 113 Å². The summed E-state index contributed by atoms with van der Waals surface area (Å²) in [7, 11) is 0. The van der Waals surface area contributed by atoms with Gasteiger partial charge in [0.05, 0.1) is 24.5 Å². The Bertz CT molecular complexity index is 524. The van der Waals surface area contributed by atoms with E-state index in [9.17, 15) is 9.90 Å². The summed E-state index contributed by atoms with van der Waals surface area (Å²) in [4.78, 5) is 12.0. The molecule has 0 bridgehead atoms. The molecule has 1 heterocycles. The van der Waals surface area contributed by atoms with Gasteiger partial charge < -0.3 is 14.8 Å². The normalized spacial score (nSPS) is 12.1. The summed E-state index contributed by atoms with van der Waals surface area (Å²) in [6.45, 7) is -0.161. The Morgan fingerprint density at radius 3 is 2.61 bits per heavy atom. The molecule has 94 valence electrons. The predicted molar refractivity (Wildman–Crippen MR) is 70.1 cm³/mol. The van der Waals surface area contributed by atoms with Crippen LogP contribution < -0.4 is 5.32 Å². The lowest BCUT2D eigenvalue weighted by Crippen LogP contribution is -2.30. The Morgan fingerprint density at radius 2 is 2.06 bits per heavy atom. The van der Waals surface area contributed by atoms with Crippen molar-refractivity contribution in [3.8, 4) is 0 Å². The molecule has 0 saturated carbocycles. The Kier molecular flexibility index (Phi) is 4.17. The summed E-state index contributed by atoms with van der Waals surface area (Å²) in [5.41, 5.74) is 1.26. The molecular weight excluding hydrogens is 298 g/mol. The Morgan fingerprint density at radius 1 is 1.33 bits per heavy atom. The third kappa shape index (κ3) is 2.80. The van der Waals surface area contributed by atoms with E-state index < -0.39 is 6.04 Å². The number of hydrogen-bond donors (Lipinski definition) is 2. The Balaban J connectivity index is 2.13. The van der Waals surface area contributed by atoms with Gasteiger partial charge in [-0.1, -0.05) is 30.3 Å². The summed E-state index contributed by atoms with van der Waals surface area (Å²) in [6.07, 6.45) is 1.43. The minimum atomic E-state index is -0.430. The van der Waals surface area contributed by atoms with Crippen LogP contribution in [-0.4, -0.2) is 17.6 Å². The number of rotatable bonds is 4. The van der Waals surface area contributed by atoms with Crippen molar-refractivity contribution in [2.45, 2.75) is 6.04 Å². The van der Waals surface area contributed by atoms with Crippen LogP contribution in [0.2, 0.25) is 0 Å². The lowest BCUT2D eigenvalue weighted by atomic mass is 10.1. The highest BCUT2D eigenvalue weighted by molar-refractivity contribution is 9.10. The van der Waals surface area contributed by atoms with E-state index >= 15 is 0 Å². The molecule has 1 atom stereocenters. The molecule has 1 aromatic heterocycles. The quantitative estimate of drug-likeness (QED) is 0.912. The molecule has 0 fully saturated rings. The number of halogens is 1. The standard InChI is InChI=1S/C13H12BrNO3/c14-12-10(6-7-18-12)13(17)15-11(8-16)9-4-2-1-3-5-9/h1-7,11,16H,8H2,(H,15,17)/t11-/m0/s1. The van der Waals surface area contributed by atoms with Crippen LogP contribution in [0.5, 0.6) is 0 Å². The zero-order chi connectivity index (χ0) is 13.0. The first-order valence-corrected chi connectivity index (χ1v) is 6.21. The van der Waals surface area contributed by atoms with Crippen molar-refractivity contribution in [1.82, 2.24) is 5.32 Å². The lowest BCUT2D eigenvalue weighted by Gasteiger charge is -2.16. The molecule has 0 radical (unpaired) electrons. The van der Waals surface area contributed by atoms with Crippen LogP contribution >= 0.6 is 15.9 Å². The van der Waals surface area contributed by atoms with Crippen molar-refractivity contribution in [2.24, 2.45) is 0 Å². The third-order valence-electron chi connectivity index (χ3n) is 2.55. The molecule has 5 heteroatoms. The summed E-state index contributed by atoms with van der Waals surface area (Å²) in [5, 5.41) is 12.1. The molecule has 2 aromatic rings. The van der Waals surface area contributed by atoms with Crippen LogP contribution in [0.25, 0.3) is 0 Å². The molecule has 0 aliphatic heterocycles. The minimum absolute atomic E-state index is 0.161. The number of furan rings is 1. The van der Waals surface area contributed by atoms with E-state index in [1.54, 1.807) is 6.07 Å². The largest absolute Gasteiger partial charge is 0.457 e. The van der Waals surface area contributed by atoms with E-state index in [-0.39, 0.29) is 12.5 Å². The van der Waals surface area contributed by atoms with Crippen LogP contribution in [0.1, 0.15) is 22.0 Å². The second kappa shape index (κ2) is 5.84. The van der Waals surface area contributed by atoms with Crippen LogP contribution in [0.4, 0.5) is 0 Å². The summed E-state index contributed by atoms with van der Waals surface area (Å²) in [6, 6.07) is 10.4. The van der Waals surface area contributed by atoms with Crippen molar-refractivity contribution in [3.63, 3.8) is 0 Å². The molecule has 18 heavy (non-hydrogen) atoms.